The summed E-state index contributed by atoms with van der Waals surface area (Å²) in [7, 11) is 0. The van der Waals surface area contributed by atoms with Crippen LogP contribution < -0.4 is 16.0 Å². The zero-order valence-corrected chi connectivity index (χ0v) is 12.2. The van der Waals surface area contributed by atoms with Gasteiger partial charge in [-0.25, -0.2) is 9.38 Å². The second-order valence-electron chi connectivity index (χ2n) is 5.02. The quantitative estimate of drug-likeness (QED) is 0.544. The summed E-state index contributed by atoms with van der Waals surface area (Å²) in [6, 6.07) is 6.57. The lowest BCUT2D eigenvalue weighted by Crippen LogP contribution is -2.43. The Morgan fingerprint density at radius 1 is 1.29 bits per heavy atom. The number of hydrogen-bond donors (Lipinski definition) is 3. The Morgan fingerprint density at radius 2 is 2.00 bits per heavy atom. The van der Waals surface area contributed by atoms with Gasteiger partial charge in [-0.15, -0.1) is 0 Å². The molecule has 0 aromatic heterocycles. The van der Waals surface area contributed by atoms with Crippen molar-refractivity contribution in [2.24, 2.45) is 4.99 Å². The fourth-order valence-corrected chi connectivity index (χ4v) is 1.77. The highest BCUT2D eigenvalue weighted by Crippen LogP contribution is 2.18. The number of amides is 1. The molecular formula is C15H21FN4O. The summed E-state index contributed by atoms with van der Waals surface area (Å²) in [5.41, 5.74) is 0.913. The topological polar surface area (TPSA) is 65.5 Å². The number of rotatable bonds is 6. The molecule has 5 nitrogen and oxygen atoms in total. The number of carbonyl (C=O) groups is 1. The van der Waals surface area contributed by atoms with Gasteiger partial charge in [0.15, 0.2) is 5.96 Å². The molecule has 21 heavy (non-hydrogen) atoms. The normalized spacial score (nSPS) is 14.7. The molecule has 2 rings (SSSR count). The molecule has 0 aliphatic heterocycles. The summed E-state index contributed by atoms with van der Waals surface area (Å²) < 4.78 is 12.8. The Bertz CT molecular complexity index is 497. The maximum absolute atomic E-state index is 12.8. The molecule has 1 aliphatic rings. The highest BCUT2D eigenvalue weighted by Gasteiger charge is 2.22. The molecule has 0 bridgehead atoms. The van der Waals surface area contributed by atoms with E-state index in [1.54, 1.807) is 12.1 Å². The first-order chi connectivity index (χ1) is 10.2. The molecule has 114 valence electrons. The van der Waals surface area contributed by atoms with Gasteiger partial charge in [0.25, 0.3) is 0 Å². The van der Waals surface area contributed by atoms with Crippen LogP contribution in [0.4, 0.5) is 4.39 Å². The van der Waals surface area contributed by atoms with E-state index in [2.05, 4.69) is 20.9 Å². The predicted octanol–water partition coefficient (Wildman–Crippen LogP) is 1.16. The van der Waals surface area contributed by atoms with Crippen LogP contribution in [0, 0.1) is 5.82 Å². The monoisotopic (exact) mass is 292 g/mol. The van der Waals surface area contributed by atoms with Gasteiger partial charge in [0.2, 0.25) is 5.91 Å². The van der Waals surface area contributed by atoms with Crippen LogP contribution in [0.2, 0.25) is 0 Å². The molecule has 0 unspecified atom stereocenters. The van der Waals surface area contributed by atoms with Gasteiger partial charge < -0.3 is 16.0 Å². The minimum absolute atomic E-state index is 0.0233. The van der Waals surface area contributed by atoms with Crippen LogP contribution in [0.25, 0.3) is 0 Å². The van der Waals surface area contributed by atoms with Gasteiger partial charge in [-0.2, -0.15) is 0 Å². The summed E-state index contributed by atoms with van der Waals surface area (Å²) >= 11 is 0. The molecule has 1 aromatic carbocycles. The summed E-state index contributed by atoms with van der Waals surface area (Å²) in [5, 5.41) is 8.97. The van der Waals surface area contributed by atoms with Crippen molar-refractivity contribution in [3.63, 3.8) is 0 Å². The molecule has 1 amide bonds. The second-order valence-corrected chi connectivity index (χ2v) is 5.02. The molecule has 0 atom stereocenters. The lowest BCUT2D eigenvalue weighted by molar-refractivity contribution is -0.120. The van der Waals surface area contributed by atoms with Gasteiger partial charge in [0, 0.05) is 12.6 Å². The van der Waals surface area contributed by atoms with Crippen molar-refractivity contribution in [2.75, 3.05) is 13.1 Å². The number of benzene rings is 1. The van der Waals surface area contributed by atoms with Crippen LogP contribution >= 0.6 is 0 Å². The lowest BCUT2D eigenvalue weighted by atomic mass is 10.2. The number of nitrogens with one attached hydrogen (secondary N) is 3. The van der Waals surface area contributed by atoms with E-state index < -0.39 is 0 Å². The number of halogens is 1. The summed E-state index contributed by atoms with van der Waals surface area (Å²) in [6.07, 6.45) is 2.15. The third-order valence-electron chi connectivity index (χ3n) is 3.04. The van der Waals surface area contributed by atoms with Crippen molar-refractivity contribution in [3.8, 4) is 0 Å². The fourth-order valence-electron chi connectivity index (χ4n) is 1.77. The number of guanidine groups is 1. The van der Waals surface area contributed by atoms with Crippen LogP contribution in [0.1, 0.15) is 25.3 Å². The number of nitrogens with zero attached hydrogens (tertiary/aromatic N) is 1. The second kappa shape index (κ2) is 7.61. The molecule has 0 heterocycles. The first-order valence-corrected chi connectivity index (χ1v) is 7.23. The third kappa shape index (κ3) is 5.81. The zero-order valence-electron chi connectivity index (χ0n) is 12.2. The molecule has 0 spiro atoms. The zero-order chi connectivity index (χ0) is 15.1. The minimum Gasteiger partial charge on any atom is -0.357 e. The highest BCUT2D eigenvalue weighted by molar-refractivity contribution is 5.86. The van der Waals surface area contributed by atoms with Crippen molar-refractivity contribution in [1.29, 1.82) is 0 Å². The molecule has 3 N–H and O–H groups in total. The van der Waals surface area contributed by atoms with Crippen molar-refractivity contribution in [1.82, 2.24) is 16.0 Å². The van der Waals surface area contributed by atoms with Gasteiger partial charge in [-0.05, 0) is 37.5 Å². The van der Waals surface area contributed by atoms with Crippen molar-refractivity contribution in [3.05, 3.63) is 35.6 Å². The van der Waals surface area contributed by atoms with Gasteiger partial charge in [0.05, 0.1) is 13.1 Å². The third-order valence-corrected chi connectivity index (χ3v) is 3.04. The minimum atomic E-state index is -0.260. The Kier molecular flexibility index (Phi) is 5.54. The Hall–Kier alpha value is -2.11. The van der Waals surface area contributed by atoms with Gasteiger partial charge in [0.1, 0.15) is 5.82 Å². The van der Waals surface area contributed by atoms with E-state index in [1.807, 2.05) is 6.92 Å². The first-order valence-electron chi connectivity index (χ1n) is 7.23. The van der Waals surface area contributed by atoms with Crippen molar-refractivity contribution < 1.29 is 9.18 Å². The van der Waals surface area contributed by atoms with Crippen molar-refractivity contribution in [2.45, 2.75) is 32.4 Å². The Balaban J connectivity index is 1.82. The van der Waals surface area contributed by atoms with E-state index in [4.69, 9.17) is 0 Å². The van der Waals surface area contributed by atoms with Gasteiger partial charge in [-0.1, -0.05) is 12.1 Å². The summed E-state index contributed by atoms with van der Waals surface area (Å²) in [6.45, 7) is 3.30. The number of hydrogen-bond acceptors (Lipinski definition) is 2. The molecular weight excluding hydrogens is 271 g/mol. The summed E-state index contributed by atoms with van der Waals surface area (Å²) in [5.74, 6) is 0.294. The van der Waals surface area contributed by atoms with Crippen LogP contribution in [0.3, 0.4) is 0 Å². The SMILES string of the molecule is CCNC(=NCc1ccc(F)cc1)NCC(=O)NC1CC1. The van der Waals surface area contributed by atoms with E-state index in [0.717, 1.165) is 18.4 Å². The van der Waals surface area contributed by atoms with E-state index in [1.165, 1.54) is 12.1 Å². The van der Waals surface area contributed by atoms with E-state index >= 15 is 0 Å². The van der Waals surface area contributed by atoms with E-state index in [-0.39, 0.29) is 18.3 Å². The molecule has 1 aromatic rings. The smallest absolute Gasteiger partial charge is 0.239 e. The van der Waals surface area contributed by atoms with E-state index in [0.29, 0.717) is 25.1 Å². The molecule has 6 heteroatoms. The average Bonchev–Trinajstić information content (AvgIpc) is 3.27. The maximum atomic E-state index is 12.8. The molecule has 0 saturated heterocycles. The maximum Gasteiger partial charge on any atom is 0.239 e. The van der Waals surface area contributed by atoms with Crippen LogP contribution in [0.5, 0.6) is 0 Å². The van der Waals surface area contributed by atoms with Gasteiger partial charge in [-0.3, -0.25) is 4.79 Å². The Labute approximate surface area is 124 Å². The summed E-state index contributed by atoms with van der Waals surface area (Å²) in [4.78, 5) is 16.0. The fraction of sp³-hybridized carbons (Fsp3) is 0.467. The van der Waals surface area contributed by atoms with Crippen LogP contribution in [0.15, 0.2) is 29.3 Å². The largest absolute Gasteiger partial charge is 0.357 e. The van der Waals surface area contributed by atoms with Crippen LogP contribution in [-0.2, 0) is 11.3 Å². The van der Waals surface area contributed by atoms with Crippen molar-refractivity contribution >= 4 is 11.9 Å². The lowest BCUT2D eigenvalue weighted by Gasteiger charge is -2.11. The molecule has 1 fully saturated rings. The van der Waals surface area contributed by atoms with Gasteiger partial charge >= 0.3 is 0 Å². The number of carbonyl (C=O) groups excluding carboxylic acids is 1. The standard InChI is InChI=1S/C15H21FN4O/c1-2-17-15(19-10-14(21)20-13-7-8-13)18-9-11-3-5-12(16)6-4-11/h3-6,13H,2,7-10H2,1H3,(H,20,21)(H2,17,18,19). The predicted molar refractivity (Wildman–Crippen MR) is 80.4 cm³/mol. The molecule has 0 radical (unpaired) electrons. The molecule has 1 saturated carbocycles. The number of aliphatic imine (C=N–C) groups is 1. The molecule has 1 aliphatic carbocycles. The van der Waals surface area contributed by atoms with Crippen LogP contribution in [-0.4, -0.2) is 31.0 Å². The van der Waals surface area contributed by atoms with E-state index in [9.17, 15) is 9.18 Å². The highest BCUT2D eigenvalue weighted by atomic mass is 19.1. The average molecular weight is 292 g/mol. The Morgan fingerprint density at radius 3 is 2.62 bits per heavy atom. The first kappa shape index (κ1) is 15.3.